The van der Waals surface area contributed by atoms with Gasteiger partial charge in [0, 0.05) is 6.54 Å². The highest BCUT2D eigenvalue weighted by Gasteiger charge is 2.24. The van der Waals surface area contributed by atoms with Gasteiger partial charge in [0.05, 0.1) is 5.75 Å². The van der Waals surface area contributed by atoms with Gasteiger partial charge in [0.1, 0.15) is 6.04 Å². The minimum Gasteiger partial charge on any atom is -0.368 e. The molecule has 0 aliphatic heterocycles. The summed E-state index contributed by atoms with van der Waals surface area (Å²) >= 11 is 0. The average molecular weight is 223 g/mol. The number of carbonyl (C=O) groups is 1. The van der Waals surface area contributed by atoms with Crippen molar-refractivity contribution in [2.45, 2.75) is 19.9 Å². The summed E-state index contributed by atoms with van der Waals surface area (Å²) in [5.41, 5.74) is 10.2. The molecule has 0 aliphatic carbocycles. The molecule has 0 spiro atoms. The zero-order chi connectivity index (χ0) is 11.4. The molecule has 0 aromatic carbocycles. The first-order valence-corrected chi connectivity index (χ1v) is 5.94. The van der Waals surface area contributed by atoms with Crippen LogP contribution in [0.15, 0.2) is 0 Å². The van der Waals surface area contributed by atoms with Gasteiger partial charge in [0.25, 0.3) is 0 Å². The van der Waals surface area contributed by atoms with Gasteiger partial charge in [-0.25, -0.2) is 13.1 Å². The Bertz CT molecular complexity index is 287. The maximum Gasteiger partial charge on any atom is 0.235 e. The fourth-order valence-electron chi connectivity index (χ4n) is 0.930. The minimum atomic E-state index is -3.50. The lowest BCUT2D eigenvalue weighted by Gasteiger charge is -2.18. The van der Waals surface area contributed by atoms with Crippen LogP contribution in [0.1, 0.15) is 13.8 Å². The molecule has 0 heterocycles. The first-order chi connectivity index (χ1) is 6.30. The fourth-order valence-corrected chi connectivity index (χ4v) is 2.13. The summed E-state index contributed by atoms with van der Waals surface area (Å²) in [6, 6.07) is -0.869. The van der Waals surface area contributed by atoms with Gasteiger partial charge >= 0.3 is 0 Å². The van der Waals surface area contributed by atoms with Gasteiger partial charge in [0.2, 0.25) is 15.9 Å². The third-order valence-corrected chi connectivity index (χ3v) is 3.05. The third-order valence-electron chi connectivity index (χ3n) is 1.67. The van der Waals surface area contributed by atoms with Crippen molar-refractivity contribution in [3.63, 3.8) is 0 Å². The quantitative estimate of drug-likeness (QED) is 0.501. The Morgan fingerprint density at radius 3 is 2.21 bits per heavy atom. The molecule has 0 saturated carbocycles. The predicted molar refractivity (Wildman–Crippen MR) is 53.8 cm³/mol. The fraction of sp³-hybridized carbons (Fsp3) is 0.857. The van der Waals surface area contributed by atoms with E-state index in [1.165, 1.54) is 0 Å². The van der Waals surface area contributed by atoms with E-state index in [0.717, 1.165) is 0 Å². The monoisotopic (exact) mass is 223 g/mol. The van der Waals surface area contributed by atoms with E-state index in [-0.39, 0.29) is 18.2 Å². The summed E-state index contributed by atoms with van der Waals surface area (Å²) in [5.74, 6) is -1.07. The molecule has 1 atom stereocenters. The van der Waals surface area contributed by atoms with Crippen molar-refractivity contribution < 1.29 is 13.2 Å². The van der Waals surface area contributed by atoms with E-state index in [0.29, 0.717) is 0 Å². The molecule has 1 amide bonds. The Balaban J connectivity index is 4.53. The summed E-state index contributed by atoms with van der Waals surface area (Å²) in [6.45, 7) is 3.43. The highest BCUT2D eigenvalue weighted by Crippen LogP contribution is 2.02. The summed E-state index contributed by atoms with van der Waals surface area (Å²) in [6.07, 6.45) is 0. The van der Waals surface area contributed by atoms with Gasteiger partial charge in [0.15, 0.2) is 0 Å². The van der Waals surface area contributed by atoms with Crippen LogP contribution in [-0.4, -0.2) is 32.7 Å². The van der Waals surface area contributed by atoms with E-state index in [1.807, 2.05) is 0 Å². The van der Waals surface area contributed by atoms with Crippen LogP contribution in [-0.2, 0) is 14.8 Å². The van der Waals surface area contributed by atoms with E-state index in [1.54, 1.807) is 13.8 Å². The minimum absolute atomic E-state index is 0.0128. The van der Waals surface area contributed by atoms with Crippen LogP contribution in [0, 0.1) is 5.92 Å². The Morgan fingerprint density at radius 2 is 1.93 bits per heavy atom. The van der Waals surface area contributed by atoms with Crippen LogP contribution < -0.4 is 16.2 Å². The Labute approximate surface area is 84.1 Å². The molecule has 7 heteroatoms. The zero-order valence-corrected chi connectivity index (χ0v) is 9.17. The lowest BCUT2D eigenvalue weighted by molar-refractivity contribution is -0.120. The van der Waals surface area contributed by atoms with Crippen LogP contribution in [0.4, 0.5) is 0 Å². The molecule has 0 aromatic rings. The van der Waals surface area contributed by atoms with Gasteiger partial charge < -0.3 is 11.5 Å². The number of nitrogens with one attached hydrogen (secondary N) is 1. The SMILES string of the molecule is CC(C)C(NS(=O)(=O)CCN)C(N)=O. The number of hydrogen-bond acceptors (Lipinski definition) is 4. The lowest BCUT2D eigenvalue weighted by Crippen LogP contribution is -2.48. The van der Waals surface area contributed by atoms with E-state index in [2.05, 4.69) is 4.72 Å². The van der Waals surface area contributed by atoms with Crippen molar-refractivity contribution in [1.29, 1.82) is 0 Å². The first kappa shape index (κ1) is 13.3. The number of amides is 1. The summed E-state index contributed by atoms with van der Waals surface area (Å²) in [4.78, 5) is 10.9. The predicted octanol–water partition coefficient (Wildman–Crippen LogP) is -1.63. The van der Waals surface area contributed by atoms with Crippen molar-refractivity contribution in [1.82, 2.24) is 4.72 Å². The molecule has 0 rings (SSSR count). The molecule has 0 radical (unpaired) electrons. The highest BCUT2D eigenvalue weighted by atomic mass is 32.2. The van der Waals surface area contributed by atoms with Crippen LogP contribution in [0.25, 0.3) is 0 Å². The molecular weight excluding hydrogens is 206 g/mol. The number of primary amides is 1. The number of sulfonamides is 1. The zero-order valence-electron chi connectivity index (χ0n) is 8.36. The maximum absolute atomic E-state index is 11.3. The third kappa shape index (κ3) is 4.54. The van der Waals surface area contributed by atoms with Crippen LogP contribution in [0.3, 0.4) is 0 Å². The van der Waals surface area contributed by atoms with E-state index >= 15 is 0 Å². The molecule has 14 heavy (non-hydrogen) atoms. The van der Waals surface area contributed by atoms with Crippen LogP contribution in [0.2, 0.25) is 0 Å². The van der Waals surface area contributed by atoms with Crippen molar-refractivity contribution in [2.24, 2.45) is 17.4 Å². The average Bonchev–Trinajstić information content (AvgIpc) is 1.99. The van der Waals surface area contributed by atoms with Crippen LogP contribution in [0.5, 0.6) is 0 Å². The number of hydrogen-bond donors (Lipinski definition) is 3. The second-order valence-electron chi connectivity index (χ2n) is 3.35. The largest absolute Gasteiger partial charge is 0.368 e. The van der Waals surface area contributed by atoms with Crippen LogP contribution >= 0.6 is 0 Å². The molecule has 0 fully saturated rings. The summed E-state index contributed by atoms with van der Waals surface area (Å²) < 4.78 is 24.7. The molecule has 0 aromatic heterocycles. The molecular formula is C7H17N3O3S. The van der Waals surface area contributed by atoms with Gasteiger partial charge in [-0.1, -0.05) is 13.8 Å². The topological polar surface area (TPSA) is 115 Å². The number of nitrogens with two attached hydrogens (primary N) is 2. The second-order valence-corrected chi connectivity index (χ2v) is 5.22. The van der Waals surface area contributed by atoms with E-state index < -0.39 is 22.0 Å². The molecule has 5 N–H and O–H groups in total. The van der Waals surface area contributed by atoms with Gasteiger partial charge in [-0.2, -0.15) is 0 Å². The van der Waals surface area contributed by atoms with E-state index in [4.69, 9.17) is 11.5 Å². The molecule has 1 unspecified atom stereocenters. The Hall–Kier alpha value is -0.660. The normalized spacial score (nSPS) is 14.3. The number of carbonyl (C=O) groups excluding carboxylic acids is 1. The molecule has 84 valence electrons. The van der Waals surface area contributed by atoms with Gasteiger partial charge in [-0.3, -0.25) is 4.79 Å². The van der Waals surface area contributed by atoms with Gasteiger partial charge in [-0.05, 0) is 5.92 Å². The van der Waals surface area contributed by atoms with Crippen molar-refractivity contribution >= 4 is 15.9 Å². The molecule has 6 nitrogen and oxygen atoms in total. The van der Waals surface area contributed by atoms with Crippen molar-refractivity contribution in [3.8, 4) is 0 Å². The van der Waals surface area contributed by atoms with Gasteiger partial charge in [-0.15, -0.1) is 0 Å². The second kappa shape index (κ2) is 5.28. The Morgan fingerprint density at radius 1 is 1.43 bits per heavy atom. The summed E-state index contributed by atoms with van der Waals surface area (Å²) in [5, 5.41) is 0. The van der Waals surface area contributed by atoms with E-state index in [9.17, 15) is 13.2 Å². The van der Waals surface area contributed by atoms with Crippen molar-refractivity contribution in [2.75, 3.05) is 12.3 Å². The number of rotatable bonds is 6. The lowest BCUT2D eigenvalue weighted by atomic mass is 10.1. The molecule has 0 aliphatic rings. The van der Waals surface area contributed by atoms with Crippen molar-refractivity contribution in [3.05, 3.63) is 0 Å². The standard InChI is InChI=1S/C7H17N3O3S/c1-5(2)6(7(9)11)10-14(12,13)4-3-8/h5-6,10H,3-4,8H2,1-2H3,(H2,9,11). The Kier molecular flexibility index (Phi) is 5.03. The summed E-state index contributed by atoms with van der Waals surface area (Å²) in [7, 11) is -3.50. The molecule has 0 bridgehead atoms. The maximum atomic E-state index is 11.3. The molecule has 0 saturated heterocycles. The smallest absolute Gasteiger partial charge is 0.235 e. The highest BCUT2D eigenvalue weighted by molar-refractivity contribution is 7.89. The first-order valence-electron chi connectivity index (χ1n) is 4.29.